The average molecular weight is 227 g/mol. The third kappa shape index (κ3) is 2.16. The standard InChI is InChI=1S/C7H5ClF2O2S/c8-13(11,12)7-3-1-2-6(10)5(7)4-9/h1-3H,4H2. The van der Waals surface area contributed by atoms with Crippen LogP contribution in [0.4, 0.5) is 8.78 Å². The van der Waals surface area contributed by atoms with Gasteiger partial charge < -0.3 is 0 Å². The van der Waals surface area contributed by atoms with Crippen molar-refractivity contribution < 1.29 is 17.2 Å². The lowest BCUT2D eigenvalue weighted by molar-refractivity contribution is 0.455. The highest BCUT2D eigenvalue weighted by atomic mass is 35.7. The minimum absolute atomic E-state index is 0.517. The summed E-state index contributed by atoms with van der Waals surface area (Å²) < 4.78 is 46.6. The van der Waals surface area contributed by atoms with Crippen LogP contribution in [0.3, 0.4) is 0 Å². The van der Waals surface area contributed by atoms with Crippen LogP contribution in [0.2, 0.25) is 0 Å². The molecule has 6 heteroatoms. The summed E-state index contributed by atoms with van der Waals surface area (Å²) in [5.41, 5.74) is -0.530. The Morgan fingerprint density at radius 1 is 1.38 bits per heavy atom. The van der Waals surface area contributed by atoms with Crippen LogP contribution in [0.1, 0.15) is 5.56 Å². The highest BCUT2D eigenvalue weighted by Gasteiger charge is 2.18. The molecule has 0 spiro atoms. The van der Waals surface area contributed by atoms with E-state index in [1.165, 1.54) is 0 Å². The van der Waals surface area contributed by atoms with Gasteiger partial charge >= 0.3 is 0 Å². The molecule has 0 unspecified atom stereocenters. The summed E-state index contributed by atoms with van der Waals surface area (Å²) in [5.74, 6) is -0.913. The van der Waals surface area contributed by atoms with E-state index in [1.54, 1.807) is 0 Å². The average Bonchev–Trinajstić information content (AvgIpc) is 2.02. The number of hydrogen-bond acceptors (Lipinski definition) is 2. The quantitative estimate of drug-likeness (QED) is 0.725. The van der Waals surface area contributed by atoms with Gasteiger partial charge in [0, 0.05) is 16.2 Å². The Kier molecular flexibility index (Phi) is 2.87. The van der Waals surface area contributed by atoms with Crippen LogP contribution in [-0.2, 0) is 15.7 Å². The summed E-state index contributed by atoms with van der Waals surface area (Å²) in [6, 6.07) is 3.19. The lowest BCUT2D eigenvalue weighted by Gasteiger charge is -2.02. The molecule has 0 aliphatic heterocycles. The van der Waals surface area contributed by atoms with Crippen molar-refractivity contribution in [3.63, 3.8) is 0 Å². The fraction of sp³-hybridized carbons (Fsp3) is 0.143. The number of halogens is 3. The number of rotatable bonds is 2. The molecule has 0 radical (unpaired) electrons. The summed E-state index contributed by atoms with van der Waals surface area (Å²) in [6.45, 7) is -1.20. The van der Waals surface area contributed by atoms with E-state index in [9.17, 15) is 17.2 Å². The Hall–Kier alpha value is -0.680. The number of alkyl halides is 1. The molecule has 0 heterocycles. The lowest BCUT2D eigenvalue weighted by atomic mass is 10.2. The van der Waals surface area contributed by atoms with Crippen molar-refractivity contribution in [2.45, 2.75) is 11.6 Å². The van der Waals surface area contributed by atoms with Gasteiger partial charge in [-0.2, -0.15) is 0 Å². The smallest absolute Gasteiger partial charge is 0.246 e. The largest absolute Gasteiger partial charge is 0.261 e. The van der Waals surface area contributed by atoms with E-state index in [2.05, 4.69) is 0 Å². The van der Waals surface area contributed by atoms with Gasteiger partial charge in [-0.25, -0.2) is 17.2 Å². The molecule has 0 amide bonds. The van der Waals surface area contributed by atoms with Gasteiger partial charge in [0.2, 0.25) is 0 Å². The summed E-state index contributed by atoms with van der Waals surface area (Å²) >= 11 is 0. The molecule has 1 rings (SSSR count). The fourth-order valence-corrected chi connectivity index (χ4v) is 2.02. The molecule has 0 bridgehead atoms. The van der Waals surface area contributed by atoms with Crippen molar-refractivity contribution in [2.75, 3.05) is 0 Å². The van der Waals surface area contributed by atoms with Gasteiger partial charge in [-0.1, -0.05) is 6.07 Å². The first-order chi connectivity index (χ1) is 5.96. The van der Waals surface area contributed by atoms with E-state index in [1.807, 2.05) is 0 Å². The van der Waals surface area contributed by atoms with Gasteiger partial charge in [-0.3, -0.25) is 0 Å². The van der Waals surface area contributed by atoms with Crippen LogP contribution in [-0.4, -0.2) is 8.42 Å². The second kappa shape index (κ2) is 3.59. The molecule has 0 saturated heterocycles. The van der Waals surface area contributed by atoms with Crippen LogP contribution < -0.4 is 0 Å². The fourth-order valence-electron chi connectivity index (χ4n) is 0.897. The Balaban J connectivity index is 3.47. The Bertz CT molecular complexity index is 417. The summed E-state index contributed by atoms with van der Waals surface area (Å²) in [5, 5.41) is 0. The molecule has 2 nitrogen and oxygen atoms in total. The summed E-state index contributed by atoms with van der Waals surface area (Å²) in [6.07, 6.45) is 0. The van der Waals surface area contributed by atoms with Gasteiger partial charge in [0.15, 0.2) is 0 Å². The van der Waals surface area contributed by atoms with Gasteiger partial charge in [-0.15, -0.1) is 0 Å². The molecule has 72 valence electrons. The van der Waals surface area contributed by atoms with Crippen molar-refractivity contribution in [2.24, 2.45) is 0 Å². The minimum Gasteiger partial charge on any atom is -0.246 e. The van der Waals surface area contributed by atoms with E-state index < -0.39 is 32.0 Å². The molecule has 0 aliphatic carbocycles. The van der Waals surface area contributed by atoms with Crippen molar-refractivity contribution in [3.8, 4) is 0 Å². The number of hydrogen-bond donors (Lipinski definition) is 0. The van der Waals surface area contributed by atoms with Gasteiger partial charge in [0.05, 0.1) is 4.90 Å². The highest BCUT2D eigenvalue weighted by molar-refractivity contribution is 8.13. The maximum atomic E-state index is 12.8. The number of benzene rings is 1. The molecular weight excluding hydrogens is 222 g/mol. The monoisotopic (exact) mass is 226 g/mol. The third-order valence-electron chi connectivity index (χ3n) is 1.47. The summed E-state index contributed by atoms with van der Waals surface area (Å²) in [7, 11) is 0.877. The molecular formula is C7H5ClF2O2S. The van der Waals surface area contributed by atoms with Crippen LogP contribution in [0, 0.1) is 5.82 Å². The van der Waals surface area contributed by atoms with Crippen LogP contribution in [0.25, 0.3) is 0 Å². The van der Waals surface area contributed by atoms with Crippen LogP contribution in [0.15, 0.2) is 23.1 Å². The Morgan fingerprint density at radius 2 is 2.00 bits per heavy atom. The Morgan fingerprint density at radius 3 is 2.38 bits per heavy atom. The predicted molar refractivity (Wildman–Crippen MR) is 44.3 cm³/mol. The lowest BCUT2D eigenvalue weighted by Crippen LogP contribution is -1.99. The maximum Gasteiger partial charge on any atom is 0.261 e. The normalized spacial score (nSPS) is 11.6. The molecule has 1 aromatic carbocycles. The molecule has 0 N–H and O–H groups in total. The second-order valence-electron chi connectivity index (χ2n) is 2.29. The minimum atomic E-state index is -4.08. The highest BCUT2D eigenvalue weighted by Crippen LogP contribution is 2.22. The molecule has 0 aliphatic rings. The molecule has 13 heavy (non-hydrogen) atoms. The first-order valence-electron chi connectivity index (χ1n) is 3.25. The van der Waals surface area contributed by atoms with Crippen molar-refractivity contribution in [1.29, 1.82) is 0 Å². The van der Waals surface area contributed by atoms with Gasteiger partial charge in [0.25, 0.3) is 9.05 Å². The van der Waals surface area contributed by atoms with E-state index in [4.69, 9.17) is 10.7 Å². The zero-order valence-electron chi connectivity index (χ0n) is 6.30. The predicted octanol–water partition coefficient (Wildman–Crippen LogP) is 2.22. The first-order valence-corrected chi connectivity index (χ1v) is 5.55. The van der Waals surface area contributed by atoms with E-state index in [-0.39, 0.29) is 0 Å². The van der Waals surface area contributed by atoms with Gasteiger partial charge in [0.1, 0.15) is 12.5 Å². The van der Waals surface area contributed by atoms with Crippen LogP contribution in [0.5, 0.6) is 0 Å². The van der Waals surface area contributed by atoms with Crippen LogP contribution >= 0.6 is 10.7 Å². The van der Waals surface area contributed by atoms with Gasteiger partial charge in [-0.05, 0) is 12.1 Å². The van der Waals surface area contributed by atoms with Crippen molar-refractivity contribution >= 4 is 19.7 Å². The van der Waals surface area contributed by atoms with Crippen molar-refractivity contribution in [1.82, 2.24) is 0 Å². The summed E-state index contributed by atoms with van der Waals surface area (Å²) in [4.78, 5) is -0.517. The van der Waals surface area contributed by atoms with E-state index in [0.29, 0.717) is 0 Å². The first kappa shape index (κ1) is 10.4. The molecule has 0 fully saturated rings. The Labute approximate surface area is 78.6 Å². The molecule has 1 aromatic rings. The van der Waals surface area contributed by atoms with E-state index >= 15 is 0 Å². The zero-order valence-corrected chi connectivity index (χ0v) is 7.87. The molecule has 0 saturated carbocycles. The molecule has 0 aromatic heterocycles. The zero-order chi connectivity index (χ0) is 10.1. The van der Waals surface area contributed by atoms with Crippen molar-refractivity contribution in [3.05, 3.63) is 29.6 Å². The SMILES string of the molecule is O=S(=O)(Cl)c1cccc(F)c1CF. The molecule has 0 atom stereocenters. The third-order valence-corrected chi connectivity index (χ3v) is 2.88. The topological polar surface area (TPSA) is 34.1 Å². The maximum absolute atomic E-state index is 12.8. The second-order valence-corrected chi connectivity index (χ2v) is 4.82. The van der Waals surface area contributed by atoms with E-state index in [0.717, 1.165) is 18.2 Å².